The Morgan fingerprint density at radius 2 is 2.09 bits per heavy atom. The van der Waals surface area contributed by atoms with Crippen LogP contribution in [0.1, 0.15) is 20.2 Å². The van der Waals surface area contributed by atoms with Gasteiger partial charge in [0.25, 0.3) is 5.91 Å². The van der Waals surface area contributed by atoms with Crippen LogP contribution in [0.25, 0.3) is 44.0 Å². The molecule has 4 aromatic heterocycles. The quantitative estimate of drug-likeness (QED) is 0.404. The second-order valence-electron chi connectivity index (χ2n) is 8.53. The van der Waals surface area contributed by atoms with Crippen molar-refractivity contribution in [2.24, 2.45) is 7.05 Å². The first kappa shape index (κ1) is 20.1. The van der Waals surface area contributed by atoms with Crippen molar-refractivity contribution < 1.29 is 9.53 Å². The number of thiazole rings is 1. The third kappa shape index (κ3) is 3.06. The number of rotatable bonds is 3. The monoisotopic (exact) mass is 488 g/mol. The number of carbonyl (C=O) groups is 1. The van der Waals surface area contributed by atoms with E-state index in [1.807, 2.05) is 28.2 Å². The number of thiophene rings is 1. The molecule has 1 aliphatic heterocycles. The molecule has 1 aliphatic carbocycles. The van der Waals surface area contributed by atoms with Crippen LogP contribution in [0.3, 0.4) is 0 Å². The highest BCUT2D eigenvalue weighted by Crippen LogP contribution is 2.46. The minimum Gasteiger partial charge on any atom is -0.378 e. The first-order valence-corrected chi connectivity index (χ1v) is 12.8. The van der Waals surface area contributed by atoms with Crippen LogP contribution in [-0.2, 0) is 18.2 Å². The second kappa shape index (κ2) is 7.59. The van der Waals surface area contributed by atoms with Crippen LogP contribution in [0.4, 0.5) is 0 Å². The Hall–Kier alpha value is -3.34. The van der Waals surface area contributed by atoms with Crippen LogP contribution in [0.2, 0.25) is 0 Å². The summed E-state index contributed by atoms with van der Waals surface area (Å²) in [5.41, 5.74) is 7.54. The predicted octanol–water partition coefficient (Wildman–Crippen LogP) is 4.19. The molecule has 1 saturated heterocycles. The molecule has 0 atom stereocenters. The molecule has 10 heteroatoms. The van der Waals surface area contributed by atoms with Crippen LogP contribution in [0, 0.1) is 0 Å². The van der Waals surface area contributed by atoms with Gasteiger partial charge in [-0.1, -0.05) is 12.1 Å². The van der Waals surface area contributed by atoms with Crippen LogP contribution in [-0.4, -0.2) is 62.1 Å². The van der Waals surface area contributed by atoms with Crippen molar-refractivity contribution in [1.29, 1.82) is 0 Å². The molecule has 34 heavy (non-hydrogen) atoms. The molecule has 1 N–H and O–H groups in total. The number of benzene rings is 1. The predicted molar refractivity (Wildman–Crippen MR) is 132 cm³/mol. The number of ether oxygens (including phenoxy) is 1. The van der Waals surface area contributed by atoms with Gasteiger partial charge >= 0.3 is 0 Å². The molecule has 1 amide bonds. The molecule has 0 bridgehead atoms. The molecular formula is C24H20N6O2S2. The fraction of sp³-hybridized carbons (Fsp3) is 0.250. The van der Waals surface area contributed by atoms with Gasteiger partial charge in [-0.15, -0.1) is 22.7 Å². The Labute approximate surface area is 202 Å². The van der Waals surface area contributed by atoms with E-state index in [1.165, 1.54) is 27.3 Å². The summed E-state index contributed by atoms with van der Waals surface area (Å²) in [5, 5.41) is 15.9. The van der Waals surface area contributed by atoms with Crippen molar-refractivity contribution in [3.05, 3.63) is 51.3 Å². The van der Waals surface area contributed by atoms with Crippen LogP contribution >= 0.6 is 22.7 Å². The van der Waals surface area contributed by atoms with Gasteiger partial charge in [-0.2, -0.15) is 10.2 Å². The van der Waals surface area contributed by atoms with Gasteiger partial charge in [-0.05, 0) is 12.1 Å². The van der Waals surface area contributed by atoms with Gasteiger partial charge in [0.2, 0.25) is 0 Å². The van der Waals surface area contributed by atoms with E-state index in [9.17, 15) is 4.79 Å². The average Bonchev–Trinajstić information content (AvgIpc) is 3.66. The van der Waals surface area contributed by atoms with E-state index < -0.39 is 0 Å². The molecule has 0 unspecified atom stereocenters. The van der Waals surface area contributed by atoms with Gasteiger partial charge in [0.05, 0.1) is 46.9 Å². The van der Waals surface area contributed by atoms with E-state index in [4.69, 9.17) is 4.74 Å². The van der Waals surface area contributed by atoms with Crippen molar-refractivity contribution in [3.63, 3.8) is 0 Å². The van der Waals surface area contributed by atoms with Gasteiger partial charge in [0, 0.05) is 58.9 Å². The van der Waals surface area contributed by atoms with Crippen molar-refractivity contribution >= 4 is 39.5 Å². The van der Waals surface area contributed by atoms with Crippen LogP contribution in [0.5, 0.6) is 0 Å². The average molecular weight is 489 g/mol. The Morgan fingerprint density at radius 3 is 2.97 bits per heavy atom. The first-order chi connectivity index (χ1) is 16.7. The number of carbonyl (C=O) groups excluding carboxylic acids is 1. The standard InChI is InChI=1S/C24H20N6O2S2/c1-29-18-8-13(2-3-14(18)11-25-29)21-16-10-19-15(22(16)28-27-21)9-20(34-19)17-12-33-23(26-17)24(31)30-4-6-32-7-5-30/h2-3,8-9,11-12H,4-7,10H2,1H3,(H,27,28). The van der Waals surface area contributed by atoms with Crippen molar-refractivity contribution in [3.8, 4) is 33.1 Å². The summed E-state index contributed by atoms with van der Waals surface area (Å²) in [6.07, 6.45) is 2.72. The fourth-order valence-corrected chi connectivity index (χ4v) is 6.73. The molecule has 2 aliphatic rings. The molecule has 5 heterocycles. The highest BCUT2D eigenvalue weighted by Gasteiger charge is 2.29. The third-order valence-corrected chi connectivity index (χ3v) is 8.53. The number of H-pyrrole nitrogens is 1. The van der Waals surface area contributed by atoms with E-state index in [0.717, 1.165) is 44.8 Å². The summed E-state index contributed by atoms with van der Waals surface area (Å²) in [4.78, 5) is 21.7. The van der Waals surface area contributed by atoms with E-state index in [0.29, 0.717) is 31.3 Å². The zero-order valence-corrected chi connectivity index (χ0v) is 20.0. The van der Waals surface area contributed by atoms with E-state index in [1.54, 1.807) is 11.3 Å². The lowest BCUT2D eigenvalue weighted by Crippen LogP contribution is -2.40. The van der Waals surface area contributed by atoms with Crippen molar-refractivity contribution in [1.82, 2.24) is 29.9 Å². The molecular weight excluding hydrogens is 468 g/mol. The van der Waals surface area contributed by atoms with E-state index in [2.05, 4.69) is 44.5 Å². The van der Waals surface area contributed by atoms with Crippen molar-refractivity contribution in [2.75, 3.05) is 26.3 Å². The van der Waals surface area contributed by atoms with Crippen LogP contribution in [0.15, 0.2) is 35.8 Å². The SMILES string of the molecule is Cn1ncc2ccc(-c3n[nH]c4c3Cc3sc(-c5csc(C(=O)N6CCOCC6)n5)cc3-4)cc21. The molecule has 5 aromatic rings. The Morgan fingerprint density at radius 1 is 1.21 bits per heavy atom. The number of nitrogens with zero attached hydrogens (tertiary/aromatic N) is 5. The zero-order valence-electron chi connectivity index (χ0n) is 18.4. The fourth-order valence-electron chi connectivity index (χ4n) is 4.74. The van der Waals surface area contributed by atoms with Gasteiger partial charge in [0.1, 0.15) is 0 Å². The maximum absolute atomic E-state index is 12.8. The lowest BCUT2D eigenvalue weighted by molar-refractivity contribution is 0.0303. The normalized spacial score (nSPS) is 15.1. The number of hydrogen-bond acceptors (Lipinski definition) is 7. The third-order valence-electron chi connectivity index (χ3n) is 6.54. The van der Waals surface area contributed by atoms with E-state index >= 15 is 0 Å². The lowest BCUT2D eigenvalue weighted by Gasteiger charge is -2.25. The smallest absolute Gasteiger partial charge is 0.283 e. The number of hydrogen-bond donors (Lipinski definition) is 1. The molecule has 0 spiro atoms. The topological polar surface area (TPSA) is 88.9 Å². The molecule has 0 radical (unpaired) electrons. The summed E-state index contributed by atoms with van der Waals surface area (Å²) in [6, 6.07) is 8.54. The maximum atomic E-state index is 12.8. The maximum Gasteiger partial charge on any atom is 0.283 e. The van der Waals surface area contributed by atoms with E-state index in [-0.39, 0.29) is 5.91 Å². The summed E-state index contributed by atoms with van der Waals surface area (Å²) >= 11 is 3.16. The lowest BCUT2D eigenvalue weighted by atomic mass is 10.0. The molecule has 1 fully saturated rings. The molecule has 0 saturated carbocycles. The first-order valence-electron chi connectivity index (χ1n) is 11.1. The summed E-state index contributed by atoms with van der Waals surface area (Å²) in [5.74, 6) is -0.00506. The van der Waals surface area contributed by atoms with Crippen LogP contribution < -0.4 is 0 Å². The number of aromatic nitrogens is 5. The largest absolute Gasteiger partial charge is 0.378 e. The summed E-state index contributed by atoms with van der Waals surface area (Å²) in [6.45, 7) is 2.43. The molecule has 8 nitrogen and oxygen atoms in total. The zero-order chi connectivity index (χ0) is 22.8. The van der Waals surface area contributed by atoms with Gasteiger partial charge in [-0.3, -0.25) is 14.6 Å². The number of aryl methyl sites for hydroxylation is 1. The Kier molecular flexibility index (Phi) is 4.48. The second-order valence-corrected chi connectivity index (χ2v) is 10.5. The summed E-state index contributed by atoms with van der Waals surface area (Å²) < 4.78 is 7.24. The number of aromatic amines is 1. The van der Waals surface area contributed by atoms with Gasteiger partial charge in [0.15, 0.2) is 5.01 Å². The Balaban J connectivity index is 1.18. The minimum absolute atomic E-state index is 0.00506. The number of fused-ring (bicyclic) bond motifs is 4. The number of nitrogens with one attached hydrogen (secondary N) is 1. The minimum atomic E-state index is -0.00506. The number of amides is 1. The molecule has 7 rings (SSSR count). The Bertz CT molecular complexity index is 1570. The number of morpholine rings is 1. The molecule has 1 aromatic carbocycles. The van der Waals surface area contributed by atoms with Crippen molar-refractivity contribution in [2.45, 2.75) is 6.42 Å². The summed E-state index contributed by atoms with van der Waals surface area (Å²) in [7, 11) is 1.96. The van der Waals surface area contributed by atoms with Gasteiger partial charge in [-0.25, -0.2) is 4.98 Å². The highest BCUT2D eigenvalue weighted by molar-refractivity contribution is 7.17. The molecule has 170 valence electrons. The van der Waals surface area contributed by atoms with Gasteiger partial charge < -0.3 is 9.64 Å². The highest BCUT2D eigenvalue weighted by atomic mass is 32.1.